The molecule has 8 aromatic heterocycles. The van der Waals surface area contributed by atoms with Crippen LogP contribution in [0.25, 0.3) is 39.0 Å². The van der Waals surface area contributed by atoms with Crippen LogP contribution in [-0.2, 0) is 10.8 Å². The molecule has 0 atom stereocenters. The van der Waals surface area contributed by atoms with E-state index in [0.717, 1.165) is 12.0 Å². The Labute approximate surface area is 451 Å². The summed E-state index contributed by atoms with van der Waals surface area (Å²) in [6.45, 7) is 22.6. The van der Waals surface area contributed by atoms with Gasteiger partial charge in [-0.1, -0.05) is 41.5 Å². The van der Waals surface area contributed by atoms with Crippen LogP contribution in [0.5, 0.6) is 0 Å². The smallest absolute Gasteiger partial charge is 1.00 e. The Morgan fingerprint density at radius 2 is 0.966 bits per heavy atom. The molecule has 0 radical (unpaired) electrons. The second kappa shape index (κ2) is 24.1. The number of rotatable bonds is 4. The molecule has 8 rings (SSSR count). The van der Waals surface area contributed by atoms with Gasteiger partial charge in [0, 0.05) is 52.4 Å². The molecule has 0 spiro atoms. The molecule has 0 aromatic carbocycles. The average molecular weight is 1330 g/mol. The van der Waals surface area contributed by atoms with Crippen molar-refractivity contribution in [3.05, 3.63) is 129 Å². The normalized spacial score (nSPS) is 11.0. The molecule has 0 bridgehead atoms. The molecular weight excluding hydrogens is 1290 g/mol. The van der Waals surface area contributed by atoms with Crippen LogP contribution in [0.4, 0.5) is 0 Å². The molecule has 8 aromatic rings. The zero-order chi connectivity index (χ0) is 41.8. The summed E-state index contributed by atoms with van der Waals surface area (Å²) >= 11 is 32.1. The van der Waals surface area contributed by atoms with Crippen LogP contribution in [0.2, 0.25) is 0 Å². The van der Waals surface area contributed by atoms with Gasteiger partial charge in [0.1, 0.15) is 0 Å². The first kappa shape index (κ1) is 54.6. The zero-order valence-electron chi connectivity index (χ0n) is 34.2. The van der Waals surface area contributed by atoms with Gasteiger partial charge in [0.25, 0.3) is 0 Å². The van der Waals surface area contributed by atoms with Crippen molar-refractivity contribution in [1.82, 2.24) is 0 Å². The number of thiophene rings is 8. The summed E-state index contributed by atoms with van der Waals surface area (Å²) in [5.41, 5.74) is 5.90. The molecule has 0 saturated heterocycles. The van der Waals surface area contributed by atoms with Crippen LogP contribution in [0.3, 0.4) is 0 Å². The Balaban J connectivity index is 0.000000242. The Morgan fingerprint density at radius 1 is 0.492 bits per heavy atom. The second-order valence-corrected chi connectivity index (χ2v) is 28.2. The molecule has 0 unspecified atom stereocenters. The molecule has 0 nitrogen and oxygen atoms in total. The van der Waals surface area contributed by atoms with E-state index in [9.17, 15) is 0 Å². The maximum Gasteiger partial charge on any atom is 2.00 e. The first-order valence-electron chi connectivity index (χ1n) is 17.6. The first-order valence-corrected chi connectivity index (χ1v) is 28.3. The van der Waals surface area contributed by atoms with Crippen LogP contribution < -0.4 is 17.0 Å². The van der Waals surface area contributed by atoms with Gasteiger partial charge in [0.05, 0.1) is 17.3 Å². The van der Waals surface area contributed by atoms with Crippen molar-refractivity contribution in [1.29, 1.82) is 0 Å². The van der Waals surface area contributed by atoms with E-state index in [4.69, 9.17) is 0 Å². The quantitative estimate of drug-likeness (QED) is 0.122. The number of aryl methyl sites for hydroxylation is 4. The third-order valence-electron chi connectivity index (χ3n) is 8.27. The van der Waals surface area contributed by atoms with Crippen molar-refractivity contribution in [2.45, 2.75) is 80.1 Å². The van der Waals surface area contributed by atoms with E-state index in [1.165, 1.54) is 80.0 Å². The van der Waals surface area contributed by atoms with Crippen molar-refractivity contribution in [2.24, 2.45) is 0 Å². The molecule has 310 valence electrons. The van der Waals surface area contributed by atoms with E-state index in [-0.39, 0.29) is 50.9 Å². The van der Waals surface area contributed by atoms with Crippen LogP contribution in [0.15, 0.2) is 91.7 Å². The molecule has 0 saturated carbocycles. The average Bonchev–Trinajstić information content (AvgIpc) is 3.96. The predicted octanol–water partition coefficient (Wildman–Crippen LogP) is 18.0. The van der Waals surface area contributed by atoms with Gasteiger partial charge in [-0.3, -0.25) is 0 Å². The molecule has 15 heteroatoms. The minimum Gasteiger partial charge on any atom is -1.00 e. The summed E-state index contributed by atoms with van der Waals surface area (Å²) < 4.78 is 5.80. The van der Waals surface area contributed by atoms with Gasteiger partial charge < -0.3 is 28.3 Å². The number of hydrogen-bond donors (Lipinski definition) is 0. The minimum atomic E-state index is 0. The molecular formula is C44H42Br6MgS8. The topological polar surface area (TPSA) is 0 Å². The van der Waals surface area contributed by atoms with E-state index in [1.807, 2.05) is 91.6 Å². The number of hydrogen-bond acceptors (Lipinski definition) is 8. The van der Waals surface area contributed by atoms with Crippen molar-refractivity contribution in [2.75, 3.05) is 0 Å². The van der Waals surface area contributed by atoms with Gasteiger partial charge in [0.2, 0.25) is 0 Å². The standard InChI is InChI=1S/C22H27BrS3.C14H11BrS3.C4HBr3S.C4H3S.BrH.Mg/c1-12-9-16(21(3,4)5)25-18(12)15-11-14(23)20(24-15)19-13(2)10-17(26-19)22(6,7)8;1-8-3-5-16-12(8)11-7-10(15)14(18-11)13-9(2)4-6-17-13;5-2-1-3(6)8-4(2)7;1-2-4-5-3-1;;/h9-11H,1-8H3;3-7H,1-2H3;1H;1-3H;1H;/q;;;-1;;+2/p-1. The molecule has 0 aliphatic rings. The van der Waals surface area contributed by atoms with Crippen LogP contribution >= 0.6 is 170 Å². The Hall–Kier alpha value is 1.25. The molecule has 0 aliphatic heterocycles. The first-order chi connectivity index (χ1) is 26.7. The van der Waals surface area contributed by atoms with E-state index < -0.39 is 0 Å². The molecule has 0 amide bonds. The Morgan fingerprint density at radius 3 is 1.32 bits per heavy atom. The van der Waals surface area contributed by atoms with Gasteiger partial charge >= 0.3 is 23.1 Å². The Kier molecular flexibility index (Phi) is 22.3. The van der Waals surface area contributed by atoms with Crippen molar-refractivity contribution >= 4 is 193 Å². The second-order valence-electron chi connectivity index (χ2n) is 15.1. The van der Waals surface area contributed by atoms with Gasteiger partial charge in [-0.05, 0) is 194 Å². The summed E-state index contributed by atoms with van der Waals surface area (Å²) in [7, 11) is 0. The SMILES string of the molecule is Brc1cc(Br)c(Br)s1.Cc1cc(C(C)(C)C)sc1-c1cc(Br)c(-c2sc(C(C)(C)C)cc2C)s1.Cc1ccsc1-c1cc(Br)c(-c2sccc2C)s1.[Br-].[Mg+2].[c-]1cccs1. The molecule has 0 N–H and O–H groups in total. The van der Waals surface area contributed by atoms with Gasteiger partial charge in [-0.25, -0.2) is 6.07 Å². The van der Waals surface area contributed by atoms with Gasteiger partial charge in [-0.15, -0.1) is 84.7 Å². The fraction of sp³-hybridized carbons (Fsp3) is 0.273. The predicted molar refractivity (Wildman–Crippen MR) is 290 cm³/mol. The largest absolute Gasteiger partial charge is 2.00 e. The van der Waals surface area contributed by atoms with Crippen molar-refractivity contribution in [3.63, 3.8) is 0 Å². The summed E-state index contributed by atoms with van der Waals surface area (Å²) in [5, 5.41) is 9.21. The summed E-state index contributed by atoms with van der Waals surface area (Å²) in [4.78, 5) is 13.9. The monoisotopic (exact) mass is 1320 g/mol. The van der Waals surface area contributed by atoms with E-state index in [1.54, 1.807) is 22.7 Å². The summed E-state index contributed by atoms with van der Waals surface area (Å²) in [5.74, 6) is 0. The van der Waals surface area contributed by atoms with E-state index >= 15 is 0 Å². The number of halogens is 6. The van der Waals surface area contributed by atoms with Crippen LogP contribution in [0.1, 0.15) is 73.6 Å². The van der Waals surface area contributed by atoms with Crippen LogP contribution in [-0.4, -0.2) is 23.1 Å². The van der Waals surface area contributed by atoms with Crippen molar-refractivity contribution in [3.8, 4) is 39.0 Å². The maximum absolute atomic E-state index is 3.84. The zero-order valence-corrected chi connectivity index (χ0v) is 51.6. The molecule has 8 heterocycles. The fourth-order valence-corrected chi connectivity index (χ4v) is 18.1. The van der Waals surface area contributed by atoms with Gasteiger partial charge in [-0.2, -0.15) is 11.4 Å². The van der Waals surface area contributed by atoms with Crippen molar-refractivity contribution < 1.29 is 17.0 Å². The maximum atomic E-state index is 3.84. The van der Waals surface area contributed by atoms with E-state index in [0.29, 0.717) is 0 Å². The summed E-state index contributed by atoms with van der Waals surface area (Å²) in [6, 6.07) is 19.5. The fourth-order valence-electron chi connectivity index (χ4n) is 5.19. The minimum absolute atomic E-state index is 0. The van der Waals surface area contributed by atoms with Crippen LogP contribution in [0, 0.1) is 33.1 Å². The third kappa shape index (κ3) is 14.9. The molecule has 0 aliphatic carbocycles. The molecule has 0 fully saturated rings. The van der Waals surface area contributed by atoms with Gasteiger partial charge in [0.15, 0.2) is 0 Å². The molecule has 59 heavy (non-hydrogen) atoms. The Bertz CT molecular complexity index is 2470. The van der Waals surface area contributed by atoms with E-state index in [2.05, 4.69) is 201 Å². The summed E-state index contributed by atoms with van der Waals surface area (Å²) in [6.07, 6.45) is 0. The third-order valence-corrected chi connectivity index (χ3v) is 22.7.